The molecule has 0 bridgehead atoms. The maximum atomic E-state index is 13.2. The van der Waals surface area contributed by atoms with Gasteiger partial charge in [-0.05, 0) is 91.3 Å². The fourth-order valence-corrected chi connectivity index (χ4v) is 9.50. The van der Waals surface area contributed by atoms with Crippen molar-refractivity contribution in [3.63, 3.8) is 0 Å². The van der Waals surface area contributed by atoms with Crippen LogP contribution >= 0.6 is 11.6 Å². The lowest BCUT2D eigenvalue weighted by Crippen LogP contribution is -2.45. The number of hydrogen-bond acceptors (Lipinski definition) is 13. The molecule has 0 aromatic heterocycles. The van der Waals surface area contributed by atoms with Crippen LogP contribution in [0.2, 0.25) is 5.02 Å². The molecule has 458 valence electrons. The van der Waals surface area contributed by atoms with Gasteiger partial charge in [0.25, 0.3) is 0 Å². The van der Waals surface area contributed by atoms with E-state index < -0.39 is 52.3 Å². The maximum Gasteiger partial charge on any atom is 0.329 e. The molecule has 3 atom stereocenters. The molecule has 0 saturated heterocycles. The molecule has 4 amide bonds. The first-order valence-electron chi connectivity index (χ1n) is 29.8. The second kappa shape index (κ2) is 37.8. The summed E-state index contributed by atoms with van der Waals surface area (Å²) in [5, 5.41) is 11.1. The standard InChI is InChI=1S/C65H94ClN5O12/c1-9-48(44-51(72)36-39-56(62(80)83-64(6,7)8)70-59(77)30-22-17-15-13-11-10-12-14-16-18-23-31-60(78)82-63(3,4)5)61(79)69-46-53(74)38-41-58(76)68-45-52(73)37-40-57(75)67-42-43-81-71-65(49-26-20-19-21-27-49,50-34-32-47(2)33-35-50)54-28-24-25-29-55(54)66/h19-21,24-29,32-35,48,56,71H,9-18,22-23,30-31,36-46H2,1-8H3,(H,67,75)(H,68,76)(H,69,79)(H,70,77)/t48-,56+,65?/m1/s1. The monoisotopic (exact) mass is 1170 g/mol. The molecule has 0 fully saturated rings. The van der Waals surface area contributed by atoms with Crippen LogP contribution in [0, 0.1) is 12.8 Å². The Morgan fingerprint density at radius 2 is 1.05 bits per heavy atom. The minimum atomic E-state index is -1.04. The molecule has 1 unspecified atom stereocenters. The van der Waals surface area contributed by atoms with E-state index in [1.165, 1.54) is 0 Å². The van der Waals surface area contributed by atoms with E-state index >= 15 is 0 Å². The summed E-state index contributed by atoms with van der Waals surface area (Å²) < 4.78 is 10.9. The normalized spacial score (nSPS) is 12.9. The fourth-order valence-electron chi connectivity index (χ4n) is 9.23. The average molecular weight is 1170 g/mol. The van der Waals surface area contributed by atoms with Crippen molar-refractivity contribution in [2.24, 2.45) is 5.92 Å². The molecule has 3 rings (SSSR count). The number of nitrogens with one attached hydrogen (secondary N) is 5. The number of carbonyl (C=O) groups is 9. The summed E-state index contributed by atoms with van der Waals surface area (Å²) in [6.45, 7) is 14.1. The molecule has 3 aromatic rings. The van der Waals surface area contributed by atoms with Gasteiger partial charge in [0.2, 0.25) is 23.6 Å². The minimum Gasteiger partial charge on any atom is -0.460 e. The van der Waals surface area contributed by atoms with Crippen molar-refractivity contribution in [2.45, 2.75) is 213 Å². The first-order valence-corrected chi connectivity index (χ1v) is 30.2. The molecular formula is C65H94ClN5O12. The molecule has 5 N–H and O–H groups in total. The van der Waals surface area contributed by atoms with Crippen molar-refractivity contribution in [2.75, 3.05) is 26.2 Å². The minimum absolute atomic E-state index is 0.00349. The Morgan fingerprint density at radius 1 is 0.530 bits per heavy atom. The van der Waals surface area contributed by atoms with Crippen LogP contribution < -0.4 is 26.7 Å². The Bertz CT molecular complexity index is 2530. The number of hydroxylamine groups is 1. The van der Waals surface area contributed by atoms with Gasteiger partial charge in [0.05, 0.1) is 19.7 Å². The van der Waals surface area contributed by atoms with E-state index in [4.69, 9.17) is 25.9 Å². The zero-order valence-electron chi connectivity index (χ0n) is 50.6. The average Bonchev–Trinajstić information content (AvgIpc) is 1.56. The molecule has 0 aliphatic carbocycles. The largest absolute Gasteiger partial charge is 0.460 e. The number of esters is 2. The number of benzene rings is 3. The van der Waals surface area contributed by atoms with Gasteiger partial charge in [-0.1, -0.05) is 155 Å². The van der Waals surface area contributed by atoms with Crippen molar-refractivity contribution >= 4 is 64.5 Å². The Morgan fingerprint density at radius 3 is 1.61 bits per heavy atom. The Labute approximate surface area is 497 Å². The third-order valence-corrected chi connectivity index (χ3v) is 14.0. The smallest absolute Gasteiger partial charge is 0.329 e. The SMILES string of the molecule is CC[C@H](CC(=O)CC[C@H](NC(=O)CCCCCCCCCCCCCC(=O)OC(C)(C)C)C(=O)OC(C)(C)C)C(=O)NCC(=O)CCC(=O)NCC(=O)CCC(=O)NCCONC(c1ccccc1)(c1ccc(C)cc1)c1ccccc1Cl. The number of carbonyl (C=O) groups excluding carboxylic acids is 9. The molecule has 3 aromatic carbocycles. The van der Waals surface area contributed by atoms with E-state index in [1.54, 1.807) is 27.7 Å². The van der Waals surface area contributed by atoms with E-state index in [1.807, 2.05) is 107 Å². The Hall–Kier alpha value is -6.30. The van der Waals surface area contributed by atoms with Gasteiger partial charge in [0.1, 0.15) is 28.6 Å². The van der Waals surface area contributed by atoms with Crippen molar-refractivity contribution < 1.29 is 57.5 Å². The van der Waals surface area contributed by atoms with Gasteiger partial charge in [-0.25, -0.2) is 4.79 Å². The predicted molar refractivity (Wildman–Crippen MR) is 322 cm³/mol. The Kier molecular flexibility index (Phi) is 32.3. The fraction of sp³-hybridized carbons (Fsp3) is 0.585. The van der Waals surface area contributed by atoms with Crippen LogP contribution in [0.25, 0.3) is 0 Å². The van der Waals surface area contributed by atoms with Crippen molar-refractivity contribution in [3.05, 3.63) is 106 Å². The number of rotatable bonds is 41. The summed E-state index contributed by atoms with van der Waals surface area (Å²) in [6.07, 6.45) is 11.3. The highest BCUT2D eigenvalue weighted by Gasteiger charge is 2.39. The van der Waals surface area contributed by atoms with Crippen molar-refractivity contribution in [1.29, 1.82) is 0 Å². The maximum absolute atomic E-state index is 13.2. The summed E-state index contributed by atoms with van der Waals surface area (Å²) in [6, 6.07) is 24.3. The number of ketones is 3. The predicted octanol–water partition coefficient (Wildman–Crippen LogP) is 10.5. The number of halogens is 1. The van der Waals surface area contributed by atoms with Crippen molar-refractivity contribution in [1.82, 2.24) is 26.7 Å². The van der Waals surface area contributed by atoms with Gasteiger partial charge in [0.15, 0.2) is 11.6 Å². The van der Waals surface area contributed by atoms with Crippen LogP contribution in [0.3, 0.4) is 0 Å². The molecule has 0 radical (unpaired) electrons. The second-order valence-electron chi connectivity index (χ2n) is 23.4. The summed E-state index contributed by atoms with van der Waals surface area (Å²) >= 11 is 6.81. The number of Topliss-reactive ketones (excluding diaryl/α,β-unsaturated/α-hetero) is 3. The van der Waals surface area contributed by atoms with Crippen LogP contribution in [0.15, 0.2) is 78.9 Å². The summed E-state index contributed by atoms with van der Waals surface area (Å²) in [7, 11) is 0. The number of ether oxygens (including phenoxy) is 2. The third-order valence-electron chi connectivity index (χ3n) is 13.7. The van der Waals surface area contributed by atoms with E-state index in [2.05, 4.69) is 26.7 Å². The van der Waals surface area contributed by atoms with Gasteiger partial charge in [-0.2, -0.15) is 5.48 Å². The second-order valence-corrected chi connectivity index (χ2v) is 23.8. The quantitative estimate of drug-likeness (QED) is 0.0154. The van der Waals surface area contributed by atoms with Gasteiger partial charge >= 0.3 is 11.9 Å². The highest BCUT2D eigenvalue weighted by molar-refractivity contribution is 6.31. The first-order chi connectivity index (χ1) is 39.4. The van der Waals surface area contributed by atoms with Gasteiger partial charge < -0.3 is 30.7 Å². The third kappa shape index (κ3) is 29.2. The molecule has 83 heavy (non-hydrogen) atoms. The molecule has 0 spiro atoms. The molecular weight excluding hydrogens is 1080 g/mol. The van der Waals surface area contributed by atoms with Crippen LogP contribution in [0.4, 0.5) is 0 Å². The molecule has 0 saturated carbocycles. The van der Waals surface area contributed by atoms with Gasteiger partial charge in [-0.15, -0.1) is 0 Å². The van der Waals surface area contributed by atoms with Crippen molar-refractivity contribution in [3.8, 4) is 0 Å². The van der Waals surface area contributed by atoms with E-state index in [0.29, 0.717) is 24.3 Å². The Balaban J connectivity index is 1.30. The highest BCUT2D eigenvalue weighted by Crippen LogP contribution is 2.40. The van der Waals surface area contributed by atoms with Crippen LogP contribution in [0.5, 0.6) is 0 Å². The summed E-state index contributed by atoms with van der Waals surface area (Å²) in [5.41, 5.74) is 4.63. The number of hydrogen-bond donors (Lipinski definition) is 5. The first kappa shape index (κ1) is 71.0. The lowest BCUT2D eigenvalue weighted by molar-refractivity contribution is -0.159. The zero-order chi connectivity index (χ0) is 61.3. The van der Waals surface area contributed by atoms with Crippen LogP contribution in [-0.2, 0) is 63.0 Å². The molecule has 17 nitrogen and oxygen atoms in total. The number of aryl methyl sites for hydroxylation is 1. The molecule has 0 aliphatic heterocycles. The zero-order valence-corrected chi connectivity index (χ0v) is 51.4. The van der Waals surface area contributed by atoms with E-state index in [-0.39, 0.29) is 107 Å². The lowest BCUT2D eigenvalue weighted by atomic mass is 9.77. The summed E-state index contributed by atoms with van der Waals surface area (Å²) in [5.74, 6) is -4.36. The molecule has 0 aliphatic rings. The lowest BCUT2D eigenvalue weighted by Gasteiger charge is -2.37. The van der Waals surface area contributed by atoms with Gasteiger partial charge in [-0.3, -0.25) is 43.2 Å². The number of unbranched alkanes of at least 4 members (excludes halogenated alkanes) is 10. The van der Waals surface area contributed by atoms with E-state index in [9.17, 15) is 43.2 Å². The van der Waals surface area contributed by atoms with E-state index in [0.717, 1.165) is 86.5 Å². The highest BCUT2D eigenvalue weighted by atomic mass is 35.5. The summed E-state index contributed by atoms with van der Waals surface area (Å²) in [4.78, 5) is 121. The molecule has 18 heteroatoms. The van der Waals surface area contributed by atoms with Crippen LogP contribution in [-0.4, -0.2) is 96.4 Å². The van der Waals surface area contributed by atoms with Crippen LogP contribution in [0.1, 0.15) is 206 Å². The van der Waals surface area contributed by atoms with Gasteiger partial charge in [0, 0.05) is 74.4 Å². The molecule has 0 heterocycles. The number of amides is 4. The topological polar surface area (TPSA) is 241 Å².